The molecule has 1 aliphatic heterocycles. The van der Waals surface area contributed by atoms with Crippen molar-refractivity contribution in [1.82, 2.24) is 14.5 Å². The molecule has 1 amide bonds. The number of thioether (sulfide) groups is 1. The third kappa shape index (κ3) is 2.76. The Balaban J connectivity index is 1.80. The first kappa shape index (κ1) is 14.8. The minimum Gasteiger partial charge on any atom is -0.324 e. The highest BCUT2D eigenvalue weighted by molar-refractivity contribution is 7.99. The van der Waals surface area contributed by atoms with E-state index in [1.165, 1.54) is 11.8 Å². The zero-order chi connectivity index (χ0) is 15.7. The van der Waals surface area contributed by atoms with E-state index in [1.807, 2.05) is 13.0 Å². The second-order valence-corrected chi connectivity index (χ2v) is 6.31. The molecule has 0 radical (unpaired) electrons. The zero-order valence-corrected chi connectivity index (χ0v) is 13.2. The van der Waals surface area contributed by atoms with Gasteiger partial charge in [-0.3, -0.25) is 19.1 Å². The summed E-state index contributed by atoms with van der Waals surface area (Å²) in [5, 5.41) is 3.57. The second-order valence-electron chi connectivity index (χ2n) is 5.33. The molecule has 0 aromatic carbocycles. The third-order valence-electron chi connectivity index (χ3n) is 3.67. The van der Waals surface area contributed by atoms with E-state index < -0.39 is 0 Å². The smallest absolute Gasteiger partial charge is 0.257 e. The number of hydrogen-bond acceptors (Lipinski definition) is 5. The van der Waals surface area contributed by atoms with Gasteiger partial charge in [0, 0.05) is 30.3 Å². The van der Waals surface area contributed by atoms with E-state index in [-0.39, 0.29) is 17.4 Å². The van der Waals surface area contributed by atoms with Crippen molar-refractivity contribution >= 4 is 23.4 Å². The molecular formula is C15H16N4O2S. The van der Waals surface area contributed by atoms with Crippen LogP contribution in [0, 0.1) is 19.8 Å². The number of carbonyl (C=O) groups is 1. The van der Waals surface area contributed by atoms with Gasteiger partial charge in [-0.25, -0.2) is 4.98 Å². The SMILES string of the molecule is Cc1ccncc1NC(=O)[C@H]1CSc2ncc(C)c(=O)n2C1. The van der Waals surface area contributed by atoms with Crippen molar-refractivity contribution in [2.24, 2.45) is 5.92 Å². The van der Waals surface area contributed by atoms with Gasteiger partial charge in [0.15, 0.2) is 5.16 Å². The third-order valence-corrected chi connectivity index (χ3v) is 4.82. The molecule has 22 heavy (non-hydrogen) atoms. The molecule has 1 atom stereocenters. The highest BCUT2D eigenvalue weighted by atomic mass is 32.2. The molecule has 7 heteroatoms. The average molecular weight is 316 g/mol. The maximum atomic E-state index is 12.4. The predicted octanol–water partition coefficient (Wildman–Crippen LogP) is 1.62. The van der Waals surface area contributed by atoms with E-state index in [1.54, 1.807) is 30.1 Å². The normalized spacial score (nSPS) is 16.9. The number of aryl methyl sites for hydroxylation is 2. The Morgan fingerprint density at radius 1 is 1.36 bits per heavy atom. The molecule has 3 heterocycles. The first-order chi connectivity index (χ1) is 10.6. The Labute approximate surface area is 132 Å². The largest absolute Gasteiger partial charge is 0.324 e. The minimum absolute atomic E-state index is 0.0763. The van der Waals surface area contributed by atoms with Crippen LogP contribution in [0.3, 0.4) is 0 Å². The minimum atomic E-state index is -0.265. The standard InChI is InChI=1S/C15H16N4O2S/c1-9-3-4-16-6-12(9)18-13(20)11-7-19-14(21)10(2)5-17-15(19)22-8-11/h3-6,11H,7-8H2,1-2H3,(H,18,20)/t11-/m1/s1. The van der Waals surface area contributed by atoms with Crippen LogP contribution in [0.25, 0.3) is 0 Å². The van der Waals surface area contributed by atoms with Crippen LogP contribution in [0.5, 0.6) is 0 Å². The topological polar surface area (TPSA) is 76.9 Å². The lowest BCUT2D eigenvalue weighted by atomic mass is 10.1. The summed E-state index contributed by atoms with van der Waals surface area (Å²) in [6.45, 7) is 4.01. The molecule has 2 aromatic heterocycles. The van der Waals surface area contributed by atoms with E-state index in [9.17, 15) is 9.59 Å². The van der Waals surface area contributed by atoms with Crippen LogP contribution in [0.1, 0.15) is 11.1 Å². The van der Waals surface area contributed by atoms with Gasteiger partial charge in [0.2, 0.25) is 5.91 Å². The van der Waals surface area contributed by atoms with Crippen LogP contribution in [0.4, 0.5) is 5.69 Å². The molecule has 0 saturated heterocycles. The second kappa shape index (κ2) is 5.92. The van der Waals surface area contributed by atoms with Crippen LogP contribution in [0.15, 0.2) is 34.6 Å². The number of hydrogen-bond donors (Lipinski definition) is 1. The number of fused-ring (bicyclic) bond motifs is 1. The maximum Gasteiger partial charge on any atom is 0.257 e. The van der Waals surface area contributed by atoms with E-state index in [2.05, 4.69) is 15.3 Å². The molecule has 0 bridgehead atoms. The van der Waals surface area contributed by atoms with Gasteiger partial charge in [-0.15, -0.1) is 0 Å². The Morgan fingerprint density at radius 3 is 2.95 bits per heavy atom. The maximum absolute atomic E-state index is 12.4. The van der Waals surface area contributed by atoms with E-state index in [0.29, 0.717) is 28.7 Å². The van der Waals surface area contributed by atoms with Gasteiger partial charge < -0.3 is 5.32 Å². The van der Waals surface area contributed by atoms with Crippen molar-refractivity contribution < 1.29 is 4.79 Å². The van der Waals surface area contributed by atoms with Crippen LogP contribution >= 0.6 is 11.8 Å². The number of aromatic nitrogens is 3. The molecule has 0 saturated carbocycles. The lowest BCUT2D eigenvalue weighted by Crippen LogP contribution is -2.37. The van der Waals surface area contributed by atoms with Crippen LogP contribution in [-0.2, 0) is 11.3 Å². The van der Waals surface area contributed by atoms with E-state index in [0.717, 1.165) is 5.56 Å². The Kier molecular flexibility index (Phi) is 3.98. The Morgan fingerprint density at radius 2 is 2.18 bits per heavy atom. The van der Waals surface area contributed by atoms with Crippen molar-refractivity contribution in [3.05, 3.63) is 46.1 Å². The highest BCUT2D eigenvalue weighted by Crippen LogP contribution is 2.26. The monoisotopic (exact) mass is 316 g/mol. The summed E-state index contributed by atoms with van der Waals surface area (Å²) < 4.78 is 1.59. The number of nitrogens with zero attached hydrogens (tertiary/aromatic N) is 3. The fourth-order valence-electron chi connectivity index (χ4n) is 2.29. The van der Waals surface area contributed by atoms with Gasteiger partial charge in [-0.1, -0.05) is 11.8 Å². The van der Waals surface area contributed by atoms with Crippen molar-refractivity contribution in [1.29, 1.82) is 0 Å². The first-order valence-electron chi connectivity index (χ1n) is 6.97. The molecule has 114 valence electrons. The number of nitrogens with one attached hydrogen (secondary N) is 1. The van der Waals surface area contributed by atoms with Gasteiger partial charge in [-0.05, 0) is 25.5 Å². The van der Waals surface area contributed by atoms with E-state index in [4.69, 9.17) is 0 Å². The van der Waals surface area contributed by atoms with Crippen LogP contribution in [0.2, 0.25) is 0 Å². The van der Waals surface area contributed by atoms with Crippen molar-refractivity contribution in [2.75, 3.05) is 11.1 Å². The highest BCUT2D eigenvalue weighted by Gasteiger charge is 2.27. The van der Waals surface area contributed by atoms with Gasteiger partial charge in [0.25, 0.3) is 5.56 Å². The molecule has 6 nitrogen and oxygen atoms in total. The van der Waals surface area contributed by atoms with Gasteiger partial charge in [0.05, 0.1) is 17.8 Å². The van der Waals surface area contributed by atoms with Crippen LogP contribution < -0.4 is 10.9 Å². The average Bonchev–Trinajstić information content (AvgIpc) is 2.53. The summed E-state index contributed by atoms with van der Waals surface area (Å²) in [6, 6.07) is 1.85. The van der Waals surface area contributed by atoms with Gasteiger partial charge in [0.1, 0.15) is 0 Å². The molecule has 0 aliphatic carbocycles. The van der Waals surface area contributed by atoms with E-state index >= 15 is 0 Å². The molecule has 0 fully saturated rings. The number of anilines is 1. The van der Waals surface area contributed by atoms with Crippen molar-refractivity contribution in [2.45, 2.75) is 25.5 Å². The number of carbonyl (C=O) groups excluding carboxylic acids is 1. The quantitative estimate of drug-likeness (QED) is 0.852. The lowest BCUT2D eigenvalue weighted by molar-refractivity contribution is -0.119. The van der Waals surface area contributed by atoms with Crippen LogP contribution in [-0.4, -0.2) is 26.2 Å². The fraction of sp³-hybridized carbons (Fsp3) is 0.333. The summed E-state index contributed by atoms with van der Waals surface area (Å²) in [7, 11) is 0. The summed E-state index contributed by atoms with van der Waals surface area (Å²) in [5.41, 5.74) is 2.18. The molecular weight excluding hydrogens is 300 g/mol. The lowest BCUT2D eigenvalue weighted by Gasteiger charge is -2.24. The molecule has 2 aromatic rings. The summed E-state index contributed by atoms with van der Waals surface area (Å²) in [4.78, 5) is 32.9. The van der Waals surface area contributed by atoms with Gasteiger partial charge in [-0.2, -0.15) is 0 Å². The predicted molar refractivity (Wildman–Crippen MR) is 85.1 cm³/mol. The first-order valence-corrected chi connectivity index (χ1v) is 7.95. The molecule has 0 spiro atoms. The fourth-order valence-corrected chi connectivity index (χ4v) is 3.34. The molecule has 3 rings (SSSR count). The summed E-state index contributed by atoms with van der Waals surface area (Å²) in [6.07, 6.45) is 4.90. The summed E-state index contributed by atoms with van der Waals surface area (Å²) >= 11 is 1.44. The molecule has 1 aliphatic rings. The Bertz CT molecular complexity index is 787. The zero-order valence-electron chi connectivity index (χ0n) is 12.4. The van der Waals surface area contributed by atoms with Crippen molar-refractivity contribution in [3.8, 4) is 0 Å². The summed E-state index contributed by atoms with van der Waals surface area (Å²) in [5.74, 6) is 0.252. The van der Waals surface area contributed by atoms with Crippen molar-refractivity contribution in [3.63, 3.8) is 0 Å². The number of amides is 1. The number of pyridine rings is 1. The molecule has 1 N–H and O–H groups in total. The molecule has 0 unspecified atom stereocenters. The Hall–Kier alpha value is -2.15. The number of rotatable bonds is 2. The van der Waals surface area contributed by atoms with Gasteiger partial charge >= 0.3 is 0 Å².